The van der Waals surface area contributed by atoms with Gasteiger partial charge in [-0.3, -0.25) is 4.57 Å². The second kappa shape index (κ2) is 6.61. The van der Waals surface area contributed by atoms with E-state index in [1.165, 1.54) is 5.39 Å². The number of aromatic nitrogens is 4. The van der Waals surface area contributed by atoms with E-state index < -0.39 is 0 Å². The fraction of sp³-hybridized carbons (Fsp3) is 0.444. The summed E-state index contributed by atoms with van der Waals surface area (Å²) in [6.45, 7) is 6.04. The molecule has 1 unspecified atom stereocenters. The van der Waals surface area contributed by atoms with Crippen LogP contribution in [0.1, 0.15) is 26.7 Å². The highest BCUT2D eigenvalue weighted by atomic mass is 32.2. The smallest absolute Gasteiger partial charge is 0.191 e. The molecule has 0 spiro atoms. The van der Waals surface area contributed by atoms with E-state index in [4.69, 9.17) is 4.74 Å². The largest absolute Gasteiger partial charge is 0.376 e. The zero-order chi connectivity index (χ0) is 16.5. The summed E-state index contributed by atoms with van der Waals surface area (Å²) in [6.07, 6.45) is 4.54. The molecule has 1 fully saturated rings. The third kappa shape index (κ3) is 2.96. The molecule has 5 nitrogen and oxygen atoms in total. The van der Waals surface area contributed by atoms with Crippen LogP contribution in [0.15, 0.2) is 35.6 Å². The number of para-hydroxylation sites is 1. The van der Waals surface area contributed by atoms with Crippen LogP contribution in [-0.2, 0) is 11.3 Å². The number of aromatic amines is 1. The van der Waals surface area contributed by atoms with Crippen molar-refractivity contribution in [3.05, 3.63) is 30.5 Å². The number of rotatable bonds is 5. The summed E-state index contributed by atoms with van der Waals surface area (Å²) in [4.78, 5) is 3.34. The summed E-state index contributed by atoms with van der Waals surface area (Å²) in [5.74, 6) is 0.922. The third-order valence-corrected chi connectivity index (χ3v) is 5.28. The van der Waals surface area contributed by atoms with Crippen LogP contribution >= 0.6 is 11.8 Å². The van der Waals surface area contributed by atoms with Gasteiger partial charge >= 0.3 is 0 Å². The van der Waals surface area contributed by atoms with E-state index in [0.717, 1.165) is 48.1 Å². The fourth-order valence-electron chi connectivity index (χ4n) is 3.20. The summed E-state index contributed by atoms with van der Waals surface area (Å²) < 4.78 is 8.09. The summed E-state index contributed by atoms with van der Waals surface area (Å²) in [5, 5.41) is 11.6. The standard InChI is InChI=1S/C18H22N4OS/c1-12(2)24-18-21-20-17(22(18)11-13-6-5-9-23-13)15-10-19-16-8-4-3-7-14(15)16/h3-4,7-8,10,12-13,19H,5-6,9,11H2,1-2H3. The molecule has 0 bridgehead atoms. The number of thioether (sulfide) groups is 1. The summed E-state index contributed by atoms with van der Waals surface area (Å²) >= 11 is 1.76. The molecule has 1 saturated heterocycles. The Kier molecular flexibility index (Phi) is 4.33. The van der Waals surface area contributed by atoms with Crippen molar-refractivity contribution < 1.29 is 4.74 Å². The van der Waals surface area contributed by atoms with E-state index in [1.807, 2.05) is 12.3 Å². The first-order chi connectivity index (χ1) is 11.7. The predicted octanol–water partition coefficient (Wildman–Crippen LogP) is 4.11. The maximum atomic E-state index is 5.85. The normalized spacial score (nSPS) is 18.0. The Labute approximate surface area is 145 Å². The lowest BCUT2D eigenvalue weighted by molar-refractivity contribution is 0.0953. The number of hydrogen-bond acceptors (Lipinski definition) is 4. The van der Waals surface area contributed by atoms with Crippen LogP contribution in [-0.4, -0.2) is 37.7 Å². The van der Waals surface area contributed by atoms with Crippen LogP contribution in [0.5, 0.6) is 0 Å². The summed E-state index contributed by atoms with van der Waals surface area (Å²) in [6, 6.07) is 8.31. The third-order valence-electron chi connectivity index (χ3n) is 4.30. The molecule has 126 valence electrons. The topological polar surface area (TPSA) is 55.7 Å². The van der Waals surface area contributed by atoms with Crippen LogP contribution in [0.2, 0.25) is 0 Å². The SMILES string of the molecule is CC(C)Sc1nnc(-c2c[nH]c3ccccc23)n1CC1CCCO1. The number of ether oxygens (including phenoxy) is 1. The van der Waals surface area contributed by atoms with Crippen LogP contribution in [0.4, 0.5) is 0 Å². The van der Waals surface area contributed by atoms with Crippen molar-refractivity contribution in [1.82, 2.24) is 19.7 Å². The van der Waals surface area contributed by atoms with Crippen molar-refractivity contribution >= 4 is 22.7 Å². The van der Waals surface area contributed by atoms with Crippen molar-refractivity contribution in [2.45, 2.75) is 49.7 Å². The van der Waals surface area contributed by atoms with Gasteiger partial charge in [0, 0.05) is 34.5 Å². The highest BCUT2D eigenvalue weighted by molar-refractivity contribution is 7.99. The van der Waals surface area contributed by atoms with Gasteiger partial charge in [0.15, 0.2) is 11.0 Å². The lowest BCUT2D eigenvalue weighted by Crippen LogP contribution is -2.17. The number of fused-ring (bicyclic) bond motifs is 1. The molecule has 3 heterocycles. The molecule has 24 heavy (non-hydrogen) atoms. The molecule has 1 aliphatic heterocycles. The second-order valence-corrected chi connectivity index (χ2v) is 8.01. The number of nitrogens with zero attached hydrogens (tertiary/aromatic N) is 3. The zero-order valence-electron chi connectivity index (χ0n) is 14.0. The summed E-state index contributed by atoms with van der Waals surface area (Å²) in [7, 11) is 0. The Morgan fingerprint density at radius 2 is 2.21 bits per heavy atom. The lowest BCUT2D eigenvalue weighted by Gasteiger charge is -2.15. The van der Waals surface area contributed by atoms with Crippen LogP contribution in [0, 0.1) is 0 Å². The zero-order valence-corrected chi connectivity index (χ0v) is 14.8. The van der Waals surface area contributed by atoms with E-state index in [1.54, 1.807) is 11.8 Å². The van der Waals surface area contributed by atoms with Gasteiger partial charge in [-0.15, -0.1) is 10.2 Å². The Balaban J connectivity index is 1.77. The van der Waals surface area contributed by atoms with Gasteiger partial charge in [-0.1, -0.05) is 43.8 Å². The van der Waals surface area contributed by atoms with Gasteiger partial charge in [-0.2, -0.15) is 0 Å². The minimum atomic E-state index is 0.261. The molecule has 2 aromatic heterocycles. The first-order valence-electron chi connectivity index (χ1n) is 8.50. The lowest BCUT2D eigenvalue weighted by atomic mass is 10.1. The van der Waals surface area contributed by atoms with Crippen LogP contribution in [0.3, 0.4) is 0 Å². The highest BCUT2D eigenvalue weighted by Gasteiger charge is 2.23. The van der Waals surface area contributed by atoms with Gasteiger partial charge in [-0.25, -0.2) is 0 Å². The number of nitrogens with one attached hydrogen (secondary N) is 1. The fourth-order valence-corrected chi connectivity index (χ4v) is 4.00. The van der Waals surface area contributed by atoms with E-state index in [9.17, 15) is 0 Å². The first kappa shape index (κ1) is 15.7. The van der Waals surface area contributed by atoms with Crippen molar-refractivity contribution in [3.8, 4) is 11.4 Å². The van der Waals surface area contributed by atoms with Gasteiger partial charge in [0.25, 0.3) is 0 Å². The molecule has 0 aliphatic carbocycles. The van der Waals surface area contributed by atoms with E-state index >= 15 is 0 Å². The Hall–Kier alpha value is -1.79. The first-order valence-corrected chi connectivity index (χ1v) is 9.38. The van der Waals surface area contributed by atoms with Crippen molar-refractivity contribution in [3.63, 3.8) is 0 Å². The minimum Gasteiger partial charge on any atom is -0.376 e. The second-order valence-electron chi connectivity index (χ2n) is 6.47. The van der Waals surface area contributed by atoms with Gasteiger partial charge in [0.1, 0.15) is 0 Å². The Morgan fingerprint density at radius 1 is 1.33 bits per heavy atom. The van der Waals surface area contributed by atoms with Gasteiger partial charge in [0.05, 0.1) is 12.6 Å². The minimum absolute atomic E-state index is 0.261. The van der Waals surface area contributed by atoms with Gasteiger partial charge in [-0.05, 0) is 18.9 Å². The molecular formula is C18H22N4OS. The van der Waals surface area contributed by atoms with E-state index in [2.05, 4.69) is 51.8 Å². The molecule has 1 N–H and O–H groups in total. The van der Waals surface area contributed by atoms with Crippen molar-refractivity contribution in [1.29, 1.82) is 0 Å². The van der Waals surface area contributed by atoms with Crippen LogP contribution < -0.4 is 0 Å². The molecule has 0 amide bonds. The quantitative estimate of drug-likeness (QED) is 0.709. The maximum Gasteiger partial charge on any atom is 0.191 e. The molecule has 3 aromatic rings. The monoisotopic (exact) mass is 342 g/mol. The predicted molar refractivity (Wildman–Crippen MR) is 97.3 cm³/mol. The number of hydrogen-bond donors (Lipinski definition) is 1. The number of H-pyrrole nitrogens is 1. The Bertz CT molecular complexity index is 833. The van der Waals surface area contributed by atoms with Crippen LogP contribution in [0.25, 0.3) is 22.3 Å². The molecule has 0 saturated carbocycles. The molecule has 6 heteroatoms. The maximum absolute atomic E-state index is 5.85. The van der Waals surface area contributed by atoms with Crippen molar-refractivity contribution in [2.75, 3.05) is 6.61 Å². The van der Waals surface area contributed by atoms with E-state index in [0.29, 0.717) is 5.25 Å². The molecule has 4 rings (SSSR count). The van der Waals surface area contributed by atoms with Gasteiger partial charge in [0.2, 0.25) is 0 Å². The molecule has 0 radical (unpaired) electrons. The Morgan fingerprint density at radius 3 is 3.00 bits per heavy atom. The average molecular weight is 342 g/mol. The van der Waals surface area contributed by atoms with E-state index in [-0.39, 0.29) is 6.10 Å². The summed E-state index contributed by atoms with van der Waals surface area (Å²) in [5.41, 5.74) is 2.23. The highest BCUT2D eigenvalue weighted by Crippen LogP contribution is 2.32. The average Bonchev–Trinajstić information content (AvgIpc) is 3.28. The molecule has 1 aliphatic rings. The molecular weight excluding hydrogens is 320 g/mol. The van der Waals surface area contributed by atoms with Crippen molar-refractivity contribution in [2.24, 2.45) is 0 Å². The molecule has 1 atom stereocenters. The van der Waals surface area contributed by atoms with Gasteiger partial charge < -0.3 is 9.72 Å². The number of benzene rings is 1. The molecule has 1 aromatic carbocycles.